The summed E-state index contributed by atoms with van der Waals surface area (Å²) in [5, 5.41) is 10.7. The molecule has 1 aliphatic carbocycles. The first-order valence-corrected chi connectivity index (χ1v) is 10.5. The van der Waals surface area contributed by atoms with Crippen LogP contribution in [0.5, 0.6) is 0 Å². The Balaban J connectivity index is 1.81. The third-order valence-electron chi connectivity index (χ3n) is 5.53. The Labute approximate surface area is 175 Å². The van der Waals surface area contributed by atoms with Gasteiger partial charge in [-0.2, -0.15) is 0 Å². The van der Waals surface area contributed by atoms with E-state index in [1.54, 1.807) is 6.07 Å². The van der Waals surface area contributed by atoms with E-state index >= 15 is 0 Å². The van der Waals surface area contributed by atoms with E-state index in [1.807, 2.05) is 10.6 Å². The normalized spacial score (nSPS) is 15.7. The Morgan fingerprint density at radius 1 is 1.20 bits per heavy atom. The molecule has 0 unspecified atom stereocenters. The Morgan fingerprint density at radius 2 is 2.00 bits per heavy atom. The zero-order chi connectivity index (χ0) is 21.1. The van der Waals surface area contributed by atoms with Gasteiger partial charge in [0.1, 0.15) is 17.2 Å². The van der Waals surface area contributed by atoms with Gasteiger partial charge in [0.05, 0.1) is 0 Å². The lowest BCUT2D eigenvalue weighted by Gasteiger charge is -2.26. The number of rotatable bonds is 4. The topological polar surface area (TPSA) is 89.9 Å². The fourth-order valence-corrected chi connectivity index (χ4v) is 3.89. The molecule has 1 saturated carbocycles. The highest BCUT2D eigenvalue weighted by atomic mass is 19.1. The molecule has 3 aromatic rings. The van der Waals surface area contributed by atoms with Crippen molar-refractivity contribution >= 4 is 17.0 Å². The third-order valence-corrected chi connectivity index (χ3v) is 5.53. The minimum absolute atomic E-state index is 0.229. The van der Waals surface area contributed by atoms with Gasteiger partial charge in [-0.3, -0.25) is 0 Å². The molecule has 0 amide bonds. The predicted molar refractivity (Wildman–Crippen MR) is 115 cm³/mol. The summed E-state index contributed by atoms with van der Waals surface area (Å²) in [4.78, 5) is 13.5. The largest absolute Gasteiger partial charge is 0.382 e. The number of benzene rings is 1. The Hall–Kier alpha value is -2.98. The third kappa shape index (κ3) is 4.14. The number of halogens is 1. The van der Waals surface area contributed by atoms with Crippen molar-refractivity contribution in [3.8, 4) is 23.2 Å². The number of fused-ring (bicyclic) bond motifs is 1. The maximum atomic E-state index is 13.8. The molecule has 7 heteroatoms. The molecule has 0 bridgehead atoms. The fourth-order valence-electron chi connectivity index (χ4n) is 3.89. The van der Waals surface area contributed by atoms with Crippen molar-refractivity contribution in [2.75, 3.05) is 5.73 Å². The maximum Gasteiger partial charge on any atom is 0.209 e. The zero-order valence-corrected chi connectivity index (χ0v) is 17.2. The van der Waals surface area contributed by atoms with Crippen LogP contribution >= 0.6 is 0 Å². The summed E-state index contributed by atoms with van der Waals surface area (Å²) < 4.78 is 15.8. The van der Waals surface area contributed by atoms with Crippen LogP contribution in [0.25, 0.3) is 22.6 Å². The van der Waals surface area contributed by atoms with E-state index < -0.39 is 5.60 Å². The molecule has 0 spiro atoms. The van der Waals surface area contributed by atoms with Gasteiger partial charge in [0.15, 0.2) is 17.0 Å². The van der Waals surface area contributed by atoms with Crippen molar-refractivity contribution in [2.45, 2.75) is 64.0 Å². The zero-order valence-electron chi connectivity index (χ0n) is 17.2. The molecule has 6 nitrogen and oxygen atoms in total. The number of nitrogens with two attached hydrogens (primary N) is 1. The molecule has 0 saturated heterocycles. The molecule has 1 fully saturated rings. The van der Waals surface area contributed by atoms with Crippen molar-refractivity contribution in [3.63, 3.8) is 0 Å². The Kier molecular flexibility index (Phi) is 5.69. The molecule has 0 atom stereocenters. The maximum absolute atomic E-state index is 13.8. The Bertz CT molecular complexity index is 1120. The van der Waals surface area contributed by atoms with E-state index in [4.69, 9.17) is 5.73 Å². The number of anilines is 1. The minimum Gasteiger partial charge on any atom is -0.382 e. The van der Waals surface area contributed by atoms with Gasteiger partial charge in [0, 0.05) is 12.1 Å². The van der Waals surface area contributed by atoms with Gasteiger partial charge in [0.2, 0.25) is 5.82 Å². The molecule has 0 radical (unpaired) electrons. The van der Waals surface area contributed by atoms with Crippen LogP contribution < -0.4 is 5.73 Å². The van der Waals surface area contributed by atoms with E-state index in [-0.39, 0.29) is 17.5 Å². The van der Waals surface area contributed by atoms with Crippen LogP contribution in [0.3, 0.4) is 0 Å². The number of nitrogen functional groups attached to an aromatic ring is 1. The van der Waals surface area contributed by atoms with Gasteiger partial charge >= 0.3 is 0 Å². The highest BCUT2D eigenvalue weighted by Crippen LogP contribution is 2.29. The summed E-state index contributed by atoms with van der Waals surface area (Å²) in [6.07, 6.45) is 6.29. The van der Waals surface area contributed by atoms with Crippen molar-refractivity contribution in [1.29, 1.82) is 0 Å². The molecule has 30 heavy (non-hydrogen) atoms. The fraction of sp³-hybridized carbons (Fsp3) is 0.435. The second-order valence-corrected chi connectivity index (χ2v) is 7.90. The molecule has 4 rings (SSSR count). The van der Waals surface area contributed by atoms with Crippen molar-refractivity contribution < 1.29 is 9.50 Å². The molecule has 3 N–H and O–H groups in total. The van der Waals surface area contributed by atoms with E-state index in [1.165, 1.54) is 12.1 Å². The average Bonchev–Trinajstić information content (AvgIpc) is 3.10. The highest BCUT2D eigenvalue weighted by Gasteiger charge is 2.26. The monoisotopic (exact) mass is 407 g/mol. The molecule has 1 aliphatic rings. The lowest BCUT2D eigenvalue weighted by atomic mass is 9.85. The molecular formula is C23H26FN5O. The lowest BCUT2D eigenvalue weighted by Crippen LogP contribution is -2.29. The number of hydrogen-bond donors (Lipinski definition) is 2. The van der Waals surface area contributed by atoms with Gasteiger partial charge in [-0.25, -0.2) is 19.3 Å². The summed E-state index contributed by atoms with van der Waals surface area (Å²) in [5.41, 5.74) is 6.92. The van der Waals surface area contributed by atoms with Gasteiger partial charge in [-0.1, -0.05) is 37.8 Å². The van der Waals surface area contributed by atoms with Gasteiger partial charge < -0.3 is 15.4 Å². The summed E-state index contributed by atoms with van der Waals surface area (Å²) in [7, 11) is 0. The predicted octanol–water partition coefficient (Wildman–Crippen LogP) is 4.06. The highest BCUT2D eigenvalue weighted by molar-refractivity contribution is 5.85. The number of aryl methyl sites for hydroxylation is 1. The number of unbranched alkanes of at least 4 members (excludes halogenated alkanes) is 1. The molecule has 2 aromatic heterocycles. The molecule has 2 heterocycles. The van der Waals surface area contributed by atoms with Crippen LogP contribution in [0.2, 0.25) is 0 Å². The number of hydrogen-bond acceptors (Lipinski definition) is 5. The van der Waals surface area contributed by atoms with Gasteiger partial charge in [-0.05, 0) is 50.2 Å². The van der Waals surface area contributed by atoms with E-state index in [0.29, 0.717) is 41.9 Å². The van der Waals surface area contributed by atoms with Crippen LogP contribution in [0, 0.1) is 17.7 Å². The van der Waals surface area contributed by atoms with Crippen LogP contribution in [0.15, 0.2) is 24.3 Å². The molecular weight excluding hydrogens is 381 g/mol. The van der Waals surface area contributed by atoms with Gasteiger partial charge in [-0.15, -0.1) is 0 Å². The average molecular weight is 407 g/mol. The number of aliphatic hydroxyl groups is 1. The Morgan fingerprint density at radius 3 is 2.73 bits per heavy atom. The standard InChI is InChI=1S/C23H26FN5O/c1-2-3-14-29-21(16-8-7-9-17(24)15-16)28-19-20(25)26-18(27-22(19)29)10-13-23(30)11-5-4-6-12-23/h7-9,15,30H,2-6,11-12,14H2,1H3,(H2,25,26,27). The van der Waals surface area contributed by atoms with Crippen molar-refractivity contribution in [3.05, 3.63) is 35.9 Å². The van der Waals surface area contributed by atoms with Crippen molar-refractivity contribution in [2.24, 2.45) is 0 Å². The molecule has 1 aromatic carbocycles. The van der Waals surface area contributed by atoms with E-state index in [0.717, 1.165) is 32.1 Å². The first-order chi connectivity index (χ1) is 14.5. The van der Waals surface area contributed by atoms with E-state index in [9.17, 15) is 9.50 Å². The number of aromatic nitrogens is 4. The minimum atomic E-state index is -0.986. The SMILES string of the molecule is CCCCn1c(-c2cccc(F)c2)nc2c(N)nc(C#CC3(O)CCCCC3)nc21. The second-order valence-electron chi connectivity index (χ2n) is 7.90. The quantitative estimate of drug-likeness (QED) is 0.637. The number of imidazole rings is 1. The molecule has 156 valence electrons. The van der Waals surface area contributed by atoms with Gasteiger partial charge in [0.25, 0.3) is 0 Å². The van der Waals surface area contributed by atoms with Crippen LogP contribution in [-0.2, 0) is 6.54 Å². The van der Waals surface area contributed by atoms with Crippen LogP contribution in [0.1, 0.15) is 57.7 Å². The lowest BCUT2D eigenvalue weighted by molar-refractivity contribution is 0.0610. The smallest absolute Gasteiger partial charge is 0.209 e. The summed E-state index contributed by atoms with van der Waals surface area (Å²) in [6, 6.07) is 6.33. The van der Waals surface area contributed by atoms with Crippen molar-refractivity contribution in [1.82, 2.24) is 19.5 Å². The number of nitrogens with zero attached hydrogens (tertiary/aromatic N) is 4. The summed E-state index contributed by atoms with van der Waals surface area (Å²) in [5.74, 6) is 6.66. The first kappa shape index (κ1) is 20.3. The summed E-state index contributed by atoms with van der Waals surface area (Å²) >= 11 is 0. The van der Waals surface area contributed by atoms with Crippen LogP contribution in [-0.4, -0.2) is 30.2 Å². The van der Waals surface area contributed by atoms with Crippen LogP contribution in [0.4, 0.5) is 10.2 Å². The molecule has 0 aliphatic heterocycles. The van der Waals surface area contributed by atoms with E-state index in [2.05, 4.69) is 33.7 Å². The summed E-state index contributed by atoms with van der Waals surface area (Å²) in [6.45, 7) is 2.78. The first-order valence-electron chi connectivity index (χ1n) is 10.5. The second kappa shape index (κ2) is 8.41.